The van der Waals surface area contributed by atoms with Crippen molar-refractivity contribution >= 4 is 0 Å². The summed E-state index contributed by atoms with van der Waals surface area (Å²) in [6.07, 6.45) is 6.52. The number of ether oxygens (including phenoxy) is 4. The maximum atomic E-state index is 6.63. The molecule has 4 aliphatic rings. The monoisotopic (exact) mass is 368 g/mol. The molecule has 0 N–H and O–H groups in total. The molecule has 0 atom stereocenters. The van der Waals surface area contributed by atoms with E-state index in [1.54, 1.807) is 0 Å². The van der Waals surface area contributed by atoms with Crippen LogP contribution in [-0.4, -0.2) is 46.8 Å². The highest BCUT2D eigenvalue weighted by Crippen LogP contribution is 2.66. The van der Waals surface area contributed by atoms with Crippen molar-refractivity contribution in [3.8, 4) is 0 Å². The molecule has 26 heavy (non-hydrogen) atoms. The van der Waals surface area contributed by atoms with E-state index in [1.165, 1.54) is 0 Å². The predicted molar refractivity (Wildman–Crippen MR) is 104 cm³/mol. The third-order valence-corrected chi connectivity index (χ3v) is 5.81. The van der Waals surface area contributed by atoms with E-state index in [1.807, 2.05) is 0 Å². The normalized spacial score (nSPS) is 42.0. The molecule has 4 bridgehead atoms. The van der Waals surface area contributed by atoms with Gasteiger partial charge in [-0.15, -0.1) is 0 Å². The molecule has 0 spiro atoms. The predicted octanol–water partition coefficient (Wildman–Crippen LogP) is 5.02. The van der Waals surface area contributed by atoms with Crippen LogP contribution in [0, 0.1) is 0 Å². The molecule has 4 rings (SSSR count). The molecule has 0 aliphatic heterocycles. The minimum absolute atomic E-state index is 0.189. The van der Waals surface area contributed by atoms with Gasteiger partial charge in [-0.2, -0.15) is 0 Å². The second-order valence-electron chi connectivity index (χ2n) is 10.5. The Morgan fingerprint density at radius 1 is 0.385 bits per heavy atom. The molecule has 0 heterocycles. The first kappa shape index (κ1) is 20.6. The van der Waals surface area contributed by atoms with Crippen molar-refractivity contribution in [2.45, 2.75) is 141 Å². The zero-order chi connectivity index (χ0) is 19.4. The van der Waals surface area contributed by atoms with Crippen molar-refractivity contribution in [2.75, 3.05) is 0 Å². The van der Waals surface area contributed by atoms with Crippen LogP contribution in [0.2, 0.25) is 0 Å². The Kier molecular flexibility index (Phi) is 5.32. The van der Waals surface area contributed by atoms with Crippen molar-refractivity contribution < 1.29 is 18.9 Å². The van der Waals surface area contributed by atoms with Crippen LogP contribution in [0.3, 0.4) is 0 Å². The minimum Gasteiger partial charge on any atom is -0.372 e. The highest BCUT2D eigenvalue weighted by Gasteiger charge is 2.71. The first-order chi connectivity index (χ1) is 11.9. The summed E-state index contributed by atoms with van der Waals surface area (Å²) in [6.45, 7) is 17.1. The van der Waals surface area contributed by atoms with Gasteiger partial charge < -0.3 is 18.9 Å². The summed E-state index contributed by atoms with van der Waals surface area (Å²) in [5, 5.41) is 0. The summed E-state index contributed by atoms with van der Waals surface area (Å²) in [5.74, 6) is 0. The Morgan fingerprint density at radius 3 is 0.654 bits per heavy atom. The van der Waals surface area contributed by atoms with Gasteiger partial charge >= 0.3 is 0 Å². The lowest BCUT2D eigenvalue weighted by Crippen LogP contribution is -2.75. The van der Waals surface area contributed by atoms with Crippen LogP contribution in [0.25, 0.3) is 0 Å². The van der Waals surface area contributed by atoms with Crippen LogP contribution in [0.15, 0.2) is 0 Å². The third kappa shape index (κ3) is 3.99. The van der Waals surface area contributed by atoms with Gasteiger partial charge in [0.2, 0.25) is 0 Å². The SMILES string of the molecule is CC(C)OC12CC3(OC(C)C)CC(OC(C)C)(C1)CC(OC(C)C)(C2)C3. The van der Waals surface area contributed by atoms with Crippen molar-refractivity contribution in [3.63, 3.8) is 0 Å². The van der Waals surface area contributed by atoms with Crippen LogP contribution < -0.4 is 0 Å². The fraction of sp³-hybridized carbons (Fsp3) is 1.00. The lowest BCUT2D eigenvalue weighted by Gasteiger charge is -2.69. The molecule has 0 saturated heterocycles. The Labute approximate surface area is 160 Å². The zero-order valence-electron chi connectivity index (χ0n) is 18.2. The van der Waals surface area contributed by atoms with Gasteiger partial charge in [-0.05, 0) is 55.4 Å². The van der Waals surface area contributed by atoms with Gasteiger partial charge in [-0.25, -0.2) is 0 Å². The maximum absolute atomic E-state index is 6.63. The molecule has 0 aromatic heterocycles. The quantitative estimate of drug-likeness (QED) is 0.602. The summed E-state index contributed by atoms with van der Waals surface area (Å²) in [6, 6.07) is 0. The Balaban J connectivity index is 2.04. The molecular weight excluding hydrogens is 328 g/mol. The molecule has 0 unspecified atom stereocenters. The first-order valence-corrected chi connectivity index (χ1v) is 10.6. The van der Waals surface area contributed by atoms with Crippen molar-refractivity contribution in [1.82, 2.24) is 0 Å². The Bertz CT molecular complexity index is 383. The smallest absolute Gasteiger partial charge is 0.0768 e. The van der Waals surface area contributed by atoms with Crippen molar-refractivity contribution in [2.24, 2.45) is 0 Å². The van der Waals surface area contributed by atoms with Gasteiger partial charge in [-0.1, -0.05) is 0 Å². The van der Waals surface area contributed by atoms with Crippen molar-refractivity contribution in [1.29, 1.82) is 0 Å². The van der Waals surface area contributed by atoms with Crippen LogP contribution in [0.1, 0.15) is 93.9 Å². The zero-order valence-corrected chi connectivity index (χ0v) is 18.2. The second kappa shape index (κ2) is 6.72. The topological polar surface area (TPSA) is 36.9 Å². The van der Waals surface area contributed by atoms with Crippen LogP contribution in [0.4, 0.5) is 0 Å². The fourth-order valence-electron chi connectivity index (χ4n) is 6.77. The maximum Gasteiger partial charge on any atom is 0.0768 e. The van der Waals surface area contributed by atoms with E-state index in [4.69, 9.17) is 18.9 Å². The first-order valence-electron chi connectivity index (χ1n) is 10.6. The average Bonchev–Trinajstić information content (AvgIpc) is 2.28. The molecule has 0 aromatic rings. The number of hydrogen-bond donors (Lipinski definition) is 0. The average molecular weight is 369 g/mol. The Hall–Kier alpha value is -0.160. The molecule has 4 heteroatoms. The van der Waals surface area contributed by atoms with E-state index in [-0.39, 0.29) is 46.8 Å². The Morgan fingerprint density at radius 2 is 0.538 bits per heavy atom. The molecule has 4 aliphatic carbocycles. The van der Waals surface area contributed by atoms with Crippen molar-refractivity contribution in [3.05, 3.63) is 0 Å². The summed E-state index contributed by atoms with van der Waals surface area (Å²) in [5.41, 5.74) is -0.827. The molecular formula is C22H40O4. The molecule has 4 saturated carbocycles. The van der Waals surface area contributed by atoms with Crippen LogP contribution in [0.5, 0.6) is 0 Å². The second-order valence-corrected chi connectivity index (χ2v) is 10.5. The number of hydrogen-bond acceptors (Lipinski definition) is 4. The molecule has 0 amide bonds. The molecule has 4 nitrogen and oxygen atoms in total. The van der Waals surface area contributed by atoms with Gasteiger partial charge in [0.1, 0.15) is 0 Å². The molecule has 4 fully saturated rings. The summed E-state index contributed by atoms with van der Waals surface area (Å²) < 4.78 is 26.5. The molecule has 0 aromatic carbocycles. The molecule has 0 radical (unpaired) electrons. The number of rotatable bonds is 8. The van der Waals surface area contributed by atoms with Gasteiger partial charge in [-0.3, -0.25) is 0 Å². The highest BCUT2D eigenvalue weighted by atomic mass is 16.6. The van der Waals surface area contributed by atoms with E-state index in [0.717, 1.165) is 38.5 Å². The fourth-order valence-corrected chi connectivity index (χ4v) is 6.77. The lowest BCUT2D eigenvalue weighted by atomic mass is 9.48. The summed E-state index contributed by atoms with van der Waals surface area (Å²) in [4.78, 5) is 0. The van der Waals surface area contributed by atoms with Gasteiger partial charge in [0.15, 0.2) is 0 Å². The van der Waals surface area contributed by atoms with E-state index in [0.29, 0.717) is 0 Å². The standard InChI is InChI=1S/C22H40O4/c1-15(2)23-19-9-20(24-16(3)4)12-21(10-19,25-17(5)6)14-22(11-19,13-20)26-18(7)8/h15-18H,9-14H2,1-8H3. The van der Waals surface area contributed by atoms with E-state index >= 15 is 0 Å². The lowest BCUT2D eigenvalue weighted by molar-refractivity contribution is -0.350. The van der Waals surface area contributed by atoms with Crippen LogP contribution >= 0.6 is 0 Å². The largest absolute Gasteiger partial charge is 0.372 e. The van der Waals surface area contributed by atoms with Gasteiger partial charge in [0.05, 0.1) is 46.8 Å². The van der Waals surface area contributed by atoms with E-state index in [2.05, 4.69) is 55.4 Å². The van der Waals surface area contributed by atoms with Gasteiger partial charge in [0.25, 0.3) is 0 Å². The summed E-state index contributed by atoms with van der Waals surface area (Å²) in [7, 11) is 0. The molecule has 152 valence electrons. The van der Waals surface area contributed by atoms with Crippen LogP contribution in [-0.2, 0) is 18.9 Å². The van der Waals surface area contributed by atoms with E-state index in [9.17, 15) is 0 Å². The minimum atomic E-state index is -0.207. The highest BCUT2D eigenvalue weighted by molar-refractivity contribution is 5.23. The summed E-state index contributed by atoms with van der Waals surface area (Å²) >= 11 is 0. The van der Waals surface area contributed by atoms with Gasteiger partial charge in [0, 0.05) is 38.5 Å². The third-order valence-electron chi connectivity index (χ3n) is 5.81. The van der Waals surface area contributed by atoms with E-state index < -0.39 is 0 Å².